The van der Waals surface area contributed by atoms with Crippen LogP contribution in [0.1, 0.15) is 71.3 Å². The van der Waals surface area contributed by atoms with Crippen LogP contribution in [0.5, 0.6) is 11.5 Å². The van der Waals surface area contributed by atoms with E-state index in [9.17, 15) is 4.79 Å². The second-order valence-electron chi connectivity index (χ2n) is 8.48. The number of amides is 1. The third kappa shape index (κ3) is 5.62. The molecule has 1 fully saturated rings. The fourth-order valence-electron chi connectivity index (χ4n) is 4.58. The van der Waals surface area contributed by atoms with Gasteiger partial charge in [0.2, 0.25) is 0 Å². The molecule has 2 aromatic rings. The highest BCUT2D eigenvalue weighted by molar-refractivity contribution is 9.10. The lowest BCUT2D eigenvalue weighted by Gasteiger charge is -2.23. The van der Waals surface area contributed by atoms with Gasteiger partial charge in [0, 0.05) is 17.1 Å². The summed E-state index contributed by atoms with van der Waals surface area (Å²) in [6.07, 6.45) is 17.2. The maximum Gasteiger partial charge on any atom is 0.254 e. The second-order valence-corrected chi connectivity index (χ2v) is 10.4. The molecule has 0 bridgehead atoms. The molecule has 0 atom stereocenters. The van der Waals surface area contributed by atoms with E-state index in [2.05, 4.69) is 27.2 Å². The second kappa shape index (κ2) is 11.2. The van der Waals surface area contributed by atoms with Crippen LogP contribution < -0.4 is 14.8 Å². The summed E-state index contributed by atoms with van der Waals surface area (Å²) >= 11 is 5.19. The van der Waals surface area contributed by atoms with Gasteiger partial charge in [0.25, 0.3) is 5.91 Å². The molecule has 0 radical (unpaired) electrons. The Morgan fingerprint density at radius 3 is 2.82 bits per heavy atom. The van der Waals surface area contributed by atoms with Crippen LogP contribution in [0.2, 0.25) is 0 Å². The molecule has 0 aliphatic heterocycles. The minimum atomic E-state index is 0.0326. The Balaban J connectivity index is 1.62. The summed E-state index contributed by atoms with van der Waals surface area (Å²) in [6, 6.07) is 4.04. The average Bonchev–Trinajstić information content (AvgIpc) is 3.21. The molecule has 0 unspecified atom stereocenters. The van der Waals surface area contributed by atoms with E-state index in [1.807, 2.05) is 12.1 Å². The lowest BCUT2D eigenvalue weighted by molar-refractivity contribution is 0.0927. The Hall–Kier alpha value is -2.30. The van der Waals surface area contributed by atoms with Gasteiger partial charge >= 0.3 is 0 Å². The van der Waals surface area contributed by atoms with Crippen molar-refractivity contribution in [2.24, 2.45) is 4.99 Å². The van der Waals surface area contributed by atoms with Crippen molar-refractivity contribution >= 4 is 44.4 Å². The van der Waals surface area contributed by atoms with Crippen LogP contribution in [0.25, 0.3) is 0 Å². The maximum atomic E-state index is 13.3. The Labute approximate surface area is 208 Å². The van der Waals surface area contributed by atoms with Gasteiger partial charge in [0.05, 0.1) is 17.1 Å². The quantitative estimate of drug-likeness (QED) is 0.342. The van der Waals surface area contributed by atoms with E-state index >= 15 is 0 Å². The minimum Gasteiger partial charge on any atom is -0.493 e. The van der Waals surface area contributed by atoms with Crippen molar-refractivity contribution in [3.05, 3.63) is 38.2 Å². The Morgan fingerprint density at radius 1 is 1.27 bits per heavy atom. The van der Waals surface area contributed by atoms with E-state index in [-0.39, 0.29) is 18.6 Å². The van der Waals surface area contributed by atoms with Gasteiger partial charge in [0.15, 0.2) is 11.5 Å². The van der Waals surface area contributed by atoms with Crippen molar-refractivity contribution in [2.45, 2.75) is 63.8 Å². The number of hydrogen-bond acceptors (Lipinski definition) is 5. The Bertz CT molecular complexity index is 1080. The van der Waals surface area contributed by atoms with Gasteiger partial charge in [-0.05, 0) is 77.7 Å². The molecule has 2 aliphatic rings. The lowest BCUT2D eigenvalue weighted by atomic mass is 9.93. The van der Waals surface area contributed by atoms with E-state index in [0.29, 0.717) is 11.5 Å². The molecular formula is C26H29BrN2O3S. The predicted molar refractivity (Wildman–Crippen MR) is 138 cm³/mol. The summed E-state index contributed by atoms with van der Waals surface area (Å²) in [7, 11) is 1.59. The summed E-state index contributed by atoms with van der Waals surface area (Å²) in [6.45, 7) is 0.155. The molecular weight excluding hydrogens is 500 g/mol. The van der Waals surface area contributed by atoms with Crippen molar-refractivity contribution in [1.82, 2.24) is 5.32 Å². The summed E-state index contributed by atoms with van der Waals surface area (Å²) < 4.78 is 11.8. The monoisotopic (exact) mass is 528 g/mol. The first kappa shape index (κ1) is 23.8. The van der Waals surface area contributed by atoms with Gasteiger partial charge in [0.1, 0.15) is 11.6 Å². The molecule has 4 rings (SSSR count). The number of halogens is 1. The SMILES string of the molecule is C#CCOc1c(Br)cc(C=Nc2sc3c(c2C(=O)NC2CCCCC2)CCCC3)cc1OC. The molecule has 2 aliphatic carbocycles. The van der Waals surface area contributed by atoms with Gasteiger partial charge in [-0.15, -0.1) is 17.8 Å². The summed E-state index contributed by atoms with van der Waals surface area (Å²) in [4.78, 5) is 19.4. The first-order valence-corrected chi connectivity index (χ1v) is 13.1. The molecule has 5 nitrogen and oxygen atoms in total. The smallest absolute Gasteiger partial charge is 0.254 e. The summed E-state index contributed by atoms with van der Waals surface area (Å²) in [5.41, 5.74) is 2.82. The number of fused-ring (bicyclic) bond motifs is 1. The van der Waals surface area contributed by atoms with Crippen molar-refractivity contribution in [2.75, 3.05) is 13.7 Å². The highest BCUT2D eigenvalue weighted by Gasteiger charge is 2.27. The molecule has 1 heterocycles. The zero-order chi connectivity index (χ0) is 23.2. The predicted octanol–water partition coefficient (Wildman–Crippen LogP) is 6.22. The number of hydrogen-bond donors (Lipinski definition) is 1. The molecule has 33 heavy (non-hydrogen) atoms. The lowest BCUT2D eigenvalue weighted by Crippen LogP contribution is -2.36. The number of terminal acetylenes is 1. The largest absolute Gasteiger partial charge is 0.493 e. The topological polar surface area (TPSA) is 59.9 Å². The normalized spacial score (nSPS) is 16.3. The standard InChI is InChI=1S/C26H29BrN2O3S/c1-3-13-32-24-20(27)14-17(15-21(24)31-2)16-28-26-23(19-11-7-8-12-22(19)33-26)25(30)29-18-9-5-4-6-10-18/h1,14-16,18H,4-13H2,2H3,(H,29,30). The number of methoxy groups -OCH3 is 1. The molecule has 174 valence electrons. The number of nitrogens with zero attached hydrogens (tertiary/aromatic N) is 1. The Kier molecular flexibility index (Phi) is 8.11. The van der Waals surface area contributed by atoms with E-state index in [1.54, 1.807) is 24.7 Å². The number of thiophene rings is 1. The zero-order valence-corrected chi connectivity index (χ0v) is 21.3. The fourth-order valence-corrected chi connectivity index (χ4v) is 6.39. The third-order valence-electron chi connectivity index (χ3n) is 6.20. The maximum absolute atomic E-state index is 13.3. The highest BCUT2D eigenvalue weighted by Crippen LogP contribution is 2.41. The van der Waals surface area contributed by atoms with Crippen LogP contribution in [0, 0.1) is 12.3 Å². The van der Waals surface area contributed by atoms with E-state index in [4.69, 9.17) is 20.9 Å². The van der Waals surface area contributed by atoms with Crippen LogP contribution in [-0.2, 0) is 12.8 Å². The molecule has 1 saturated carbocycles. The van der Waals surface area contributed by atoms with Crippen LogP contribution >= 0.6 is 27.3 Å². The summed E-state index contributed by atoms with van der Waals surface area (Å²) in [5.74, 6) is 3.63. The average molecular weight is 530 g/mol. The molecule has 1 amide bonds. The van der Waals surface area contributed by atoms with Gasteiger partial charge in [-0.2, -0.15) is 0 Å². The summed E-state index contributed by atoms with van der Waals surface area (Å²) in [5, 5.41) is 4.09. The number of carbonyl (C=O) groups excluding carboxylic acids is 1. The third-order valence-corrected chi connectivity index (χ3v) is 7.99. The van der Waals surface area contributed by atoms with Crippen LogP contribution in [0.15, 0.2) is 21.6 Å². The number of ether oxygens (including phenoxy) is 2. The zero-order valence-electron chi connectivity index (χ0n) is 18.9. The number of nitrogens with one attached hydrogen (secondary N) is 1. The van der Waals surface area contributed by atoms with Crippen molar-refractivity contribution in [3.63, 3.8) is 0 Å². The van der Waals surface area contributed by atoms with Gasteiger partial charge < -0.3 is 14.8 Å². The molecule has 1 N–H and O–H groups in total. The van der Waals surface area contributed by atoms with Gasteiger partial charge in [-0.1, -0.05) is 25.2 Å². The number of carbonyl (C=O) groups is 1. The van der Waals surface area contributed by atoms with Crippen LogP contribution in [0.3, 0.4) is 0 Å². The van der Waals surface area contributed by atoms with Crippen molar-refractivity contribution in [1.29, 1.82) is 0 Å². The van der Waals surface area contributed by atoms with E-state index < -0.39 is 0 Å². The number of aliphatic imine (C=N–C) groups is 1. The number of aryl methyl sites for hydroxylation is 1. The molecule has 0 spiro atoms. The molecule has 1 aromatic carbocycles. The highest BCUT2D eigenvalue weighted by atomic mass is 79.9. The minimum absolute atomic E-state index is 0.0326. The Morgan fingerprint density at radius 2 is 2.06 bits per heavy atom. The first-order valence-electron chi connectivity index (χ1n) is 11.5. The molecule has 0 saturated heterocycles. The van der Waals surface area contributed by atoms with Gasteiger partial charge in [-0.3, -0.25) is 4.79 Å². The van der Waals surface area contributed by atoms with E-state index in [0.717, 1.165) is 52.7 Å². The van der Waals surface area contributed by atoms with E-state index in [1.165, 1.54) is 36.1 Å². The van der Waals surface area contributed by atoms with Crippen LogP contribution in [-0.4, -0.2) is 31.9 Å². The van der Waals surface area contributed by atoms with Gasteiger partial charge in [-0.25, -0.2) is 4.99 Å². The number of rotatable bonds is 7. The first-order chi connectivity index (χ1) is 16.1. The number of benzene rings is 1. The molecule has 1 aromatic heterocycles. The van der Waals surface area contributed by atoms with Crippen molar-refractivity contribution < 1.29 is 14.3 Å². The van der Waals surface area contributed by atoms with Crippen molar-refractivity contribution in [3.8, 4) is 23.8 Å². The van der Waals surface area contributed by atoms with Crippen LogP contribution in [0.4, 0.5) is 5.00 Å². The fraction of sp³-hybridized carbons (Fsp3) is 0.462. The molecule has 7 heteroatoms.